The molecule has 1 fully saturated rings. The fourth-order valence-corrected chi connectivity index (χ4v) is 4.84. The molecular weight excluding hydrogens is 428 g/mol. The molecule has 0 radical (unpaired) electrons. The highest BCUT2D eigenvalue weighted by atomic mass is 35.5. The van der Waals surface area contributed by atoms with Crippen LogP contribution in [0.25, 0.3) is 22.9 Å². The van der Waals surface area contributed by atoms with Crippen LogP contribution in [0.4, 0.5) is 0 Å². The van der Waals surface area contributed by atoms with Crippen molar-refractivity contribution in [3.8, 4) is 28.7 Å². The predicted molar refractivity (Wildman–Crippen MR) is 113 cm³/mol. The molecule has 4 rings (SSSR count). The zero-order valence-corrected chi connectivity index (χ0v) is 18.2. The molecule has 10 heteroatoms. The third-order valence-corrected chi connectivity index (χ3v) is 7.25. The first-order chi connectivity index (χ1) is 14.4. The summed E-state index contributed by atoms with van der Waals surface area (Å²) >= 11 is 6.32. The van der Waals surface area contributed by atoms with Crippen LogP contribution >= 0.6 is 11.6 Å². The maximum absolute atomic E-state index is 13.1. The van der Waals surface area contributed by atoms with Crippen LogP contribution in [0.2, 0.25) is 5.02 Å². The van der Waals surface area contributed by atoms with Crippen molar-refractivity contribution in [2.24, 2.45) is 0 Å². The molecule has 1 aromatic heterocycles. The Morgan fingerprint density at radius 3 is 2.33 bits per heavy atom. The van der Waals surface area contributed by atoms with E-state index in [4.69, 9.17) is 20.8 Å². The van der Waals surface area contributed by atoms with Gasteiger partial charge in [0.2, 0.25) is 21.8 Å². The van der Waals surface area contributed by atoms with E-state index < -0.39 is 10.0 Å². The number of sulfonamides is 1. The molecule has 0 atom stereocenters. The standard InChI is InChI=1S/C20H21ClN4O4S/c1-24-9-11-25(12-10-24)30(26,27)16-7-8-18(21)17(13-16)20-23-22-19(29-20)14-3-5-15(28-2)6-4-14/h3-8,13H,9-12H2,1-2H3. The molecule has 0 aliphatic carbocycles. The number of piperazine rings is 1. The van der Waals surface area contributed by atoms with Crippen LogP contribution in [0, 0.1) is 0 Å². The minimum atomic E-state index is -3.64. The molecule has 158 valence electrons. The van der Waals surface area contributed by atoms with Crippen LogP contribution in [0.5, 0.6) is 5.75 Å². The van der Waals surface area contributed by atoms with Crippen molar-refractivity contribution in [1.82, 2.24) is 19.4 Å². The summed E-state index contributed by atoms with van der Waals surface area (Å²) in [7, 11) is -0.0807. The van der Waals surface area contributed by atoms with Gasteiger partial charge in [0.15, 0.2) is 0 Å². The minimum Gasteiger partial charge on any atom is -0.497 e. The van der Waals surface area contributed by atoms with Crippen LogP contribution in [-0.2, 0) is 10.0 Å². The maximum atomic E-state index is 13.1. The Bertz CT molecular complexity index is 1140. The summed E-state index contributed by atoms with van der Waals surface area (Å²) in [5.74, 6) is 1.17. The highest BCUT2D eigenvalue weighted by Gasteiger charge is 2.28. The Kier molecular flexibility index (Phi) is 5.79. The van der Waals surface area contributed by atoms with Gasteiger partial charge in [-0.3, -0.25) is 0 Å². The van der Waals surface area contributed by atoms with Crippen LogP contribution in [0.3, 0.4) is 0 Å². The topological polar surface area (TPSA) is 88.8 Å². The Morgan fingerprint density at radius 1 is 1.00 bits per heavy atom. The molecule has 1 aliphatic heterocycles. The second-order valence-corrected chi connectivity index (χ2v) is 9.34. The molecule has 0 spiro atoms. The number of rotatable bonds is 5. The van der Waals surface area contributed by atoms with E-state index in [2.05, 4.69) is 15.1 Å². The SMILES string of the molecule is COc1ccc(-c2nnc(-c3cc(S(=O)(=O)N4CCN(C)CC4)ccc3Cl)o2)cc1. The maximum Gasteiger partial charge on any atom is 0.249 e. The van der Waals surface area contributed by atoms with E-state index in [0.29, 0.717) is 54.0 Å². The predicted octanol–water partition coefficient (Wildman–Crippen LogP) is 3.00. The van der Waals surface area contributed by atoms with Gasteiger partial charge in [-0.15, -0.1) is 10.2 Å². The lowest BCUT2D eigenvalue weighted by Gasteiger charge is -2.31. The first kappa shape index (κ1) is 20.8. The Balaban J connectivity index is 1.65. The molecule has 0 N–H and O–H groups in total. The van der Waals surface area contributed by atoms with Gasteiger partial charge in [0, 0.05) is 31.7 Å². The molecule has 1 saturated heterocycles. The van der Waals surface area contributed by atoms with Crippen molar-refractivity contribution in [2.45, 2.75) is 4.90 Å². The second kappa shape index (κ2) is 8.35. The van der Waals surface area contributed by atoms with E-state index in [1.54, 1.807) is 31.4 Å². The lowest BCUT2D eigenvalue weighted by Crippen LogP contribution is -2.47. The van der Waals surface area contributed by atoms with Crippen LogP contribution < -0.4 is 4.74 Å². The summed E-state index contributed by atoms with van der Waals surface area (Å²) in [6, 6.07) is 11.7. The van der Waals surface area contributed by atoms with Gasteiger partial charge in [-0.05, 0) is 49.5 Å². The molecular formula is C20H21ClN4O4S. The third-order valence-electron chi connectivity index (χ3n) is 5.03. The molecule has 0 bridgehead atoms. The summed E-state index contributed by atoms with van der Waals surface area (Å²) in [6.07, 6.45) is 0. The van der Waals surface area contributed by atoms with E-state index in [1.807, 2.05) is 7.05 Å². The summed E-state index contributed by atoms with van der Waals surface area (Å²) < 4.78 is 38.5. The normalized spacial score (nSPS) is 16.0. The van der Waals surface area contributed by atoms with Crippen molar-refractivity contribution in [1.29, 1.82) is 0 Å². The average molecular weight is 449 g/mol. The average Bonchev–Trinajstić information content (AvgIpc) is 3.24. The monoisotopic (exact) mass is 448 g/mol. The summed E-state index contributed by atoms with van der Waals surface area (Å²) in [5, 5.41) is 8.46. The molecule has 2 aromatic carbocycles. The first-order valence-corrected chi connectivity index (χ1v) is 11.2. The lowest BCUT2D eigenvalue weighted by molar-refractivity contribution is 0.222. The molecule has 8 nitrogen and oxygen atoms in total. The highest BCUT2D eigenvalue weighted by Crippen LogP contribution is 2.32. The molecule has 3 aromatic rings. The van der Waals surface area contributed by atoms with Gasteiger partial charge in [0.05, 0.1) is 22.6 Å². The number of halogens is 1. The van der Waals surface area contributed by atoms with Crippen molar-refractivity contribution in [3.63, 3.8) is 0 Å². The lowest BCUT2D eigenvalue weighted by atomic mass is 10.2. The molecule has 30 heavy (non-hydrogen) atoms. The van der Waals surface area contributed by atoms with Gasteiger partial charge >= 0.3 is 0 Å². The number of aromatic nitrogens is 2. The first-order valence-electron chi connectivity index (χ1n) is 9.35. The molecule has 0 saturated carbocycles. The smallest absolute Gasteiger partial charge is 0.249 e. The number of benzene rings is 2. The Hall–Kier alpha value is -2.46. The molecule has 0 amide bonds. The van der Waals surface area contributed by atoms with Gasteiger partial charge in [-0.25, -0.2) is 8.42 Å². The number of hydrogen-bond donors (Lipinski definition) is 0. The molecule has 0 unspecified atom stereocenters. The van der Waals surface area contributed by atoms with Crippen LogP contribution in [-0.4, -0.2) is 68.2 Å². The van der Waals surface area contributed by atoms with Crippen molar-refractivity contribution in [2.75, 3.05) is 40.3 Å². The van der Waals surface area contributed by atoms with E-state index in [0.717, 1.165) is 0 Å². The zero-order chi connectivity index (χ0) is 21.3. The van der Waals surface area contributed by atoms with Crippen molar-refractivity contribution >= 4 is 21.6 Å². The van der Waals surface area contributed by atoms with E-state index >= 15 is 0 Å². The van der Waals surface area contributed by atoms with Gasteiger partial charge in [-0.2, -0.15) is 4.31 Å². The van der Waals surface area contributed by atoms with Crippen molar-refractivity contribution in [3.05, 3.63) is 47.5 Å². The number of hydrogen-bond acceptors (Lipinski definition) is 7. The number of likely N-dealkylation sites (N-methyl/N-ethyl adjacent to an activating group) is 1. The van der Waals surface area contributed by atoms with Gasteiger partial charge < -0.3 is 14.1 Å². The number of ether oxygens (including phenoxy) is 1. The van der Waals surface area contributed by atoms with Crippen molar-refractivity contribution < 1.29 is 17.6 Å². The number of methoxy groups -OCH3 is 1. The van der Waals surface area contributed by atoms with Gasteiger partial charge in [0.25, 0.3) is 0 Å². The van der Waals surface area contributed by atoms with Gasteiger partial charge in [0.1, 0.15) is 5.75 Å². The van der Waals surface area contributed by atoms with E-state index in [-0.39, 0.29) is 10.8 Å². The summed E-state index contributed by atoms with van der Waals surface area (Å²) in [5.41, 5.74) is 1.09. The van der Waals surface area contributed by atoms with Gasteiger partial charge in [-0.1, -0.05) is 11.6 Å². The quantitative estimate of drug-likeness (QED) is 0.592. The Labute approximate surface area is 180 Å². The fourth-order valence-electron chi connectivity index (χ4n) is 3.19. The second-order valence-electron chi connectivity index (χ2n) is 6.99. The van der Waals surface area contributed by atoms with Crippen LogP contribution in [0.1, 0.15) is 0 Å². The van der Waals surface area contributed by atoms with E-state index in [1.165, 1.54) is 22.5 Å². The summed E-state index contributed by atoms with van der Waals surface area (Å²) in [6.45, 7) is 2.26. The minimum absolute atomic E-state index is 0.149. The Morgan fingerprint density at radius 2 is 1.67 bits per heavy atom. The number of nitrogens with zero attached hydrogens (tertiary/aromatic N) is 4. The highest BCUT2D eigenvalue weighted by molar-refractivity contribution is 7.89. The fraction of sp³-hybridized carbons (Fsp3) is 0.300. The summed E-state index contributed by atoms with van der Waals surface area (Å²) in [4.78, 5) is 2.24. The van der Waals surface area contributed by atoms with Crippen LogP contribution in [0.15, 0.2) is 51.8 Å². The third kappa shape index (κ3) is 4.06. The molecule has 1 aliphatic rings. The zero-order valence-electron chi connectivity index (χ0n) is 16.6. The largest absolute Gasteiger partial charge is 0.497 e. The molecule has 2 heterocycles. The van der Waals surface area contributed by atoms with E-state index in [9.17, 15) is 8.42 Å².